The SMILES string of the molecule is Cn1ccnc1C(=O)CC(=O)c1ccc(Br)o1. The highest BCUT2D eigenvalue weighted by Crippen LogP contribution is 2.16. The minimum Gasteiger partial charge on any atom is -0.446 e. The van der Waals surface area contributed by atoms with Crippen molar-refractivity contribution in [2.24, 2.45) is 7.05 Å². The number of aromatic nitrogens is 2. The molecule has 0 aromatic carbocycles. The van der Waals surface area contributed by atoms with Gasteiger partial charge in [0.05, 0.1) is 6.42 Å². The predicted octanol–water partition coefficient (Wildman–Crippen LogP) is 2.23. The van der Waals surface area contributed by atoms with E-state index in [1.165, 1.54) is 12.3 Å². The number of halogens is 1. The Morgan fingerprint density at radius 3 is 2.71 bits per heavy atom. The molecular weight excluding hydrogens is 288 g/mol. The molecule has 2 aromatic heterocycles. The second kappa shape index (κ2) is 4.67. The molecule has 0 unspecified atom stereocenters. The summed E-state index contributed by atoms with van der Waals surface area (Å²) in [6, 6.07) is 3.14. The lowest BCUT2D eigenvalue weighted by Crippen LogP contribution is -2.12. The summed E-state index contributed by atoms with van der Waals surface area (Å²) in [7, 11) is 1.70. The lowest BCUT2D eigenvalue weighted by molar-refractivity contribution is 0.0870. The summed E-state index contributed by atoms with van der Waals surface area (Å²) in [5.74, 6) is -0.248. The Kier molecular flexibility index (Phi) is 3.23. The van der Waals surface area contributed by atoms with Crippen LogP contribution in [0.3, 0.4) is 0 Å². The number of aryl methyl sites for hydroxylation is 1. The van der Waals surface area contributed by atoms with Gasteiger partial charge in [-0.3, -0.25) is 9.59 Å². The van der Waals surface area contributed by atoms with Crippen LogP contribution in [0.15, 0.2) is 33.6 Å². The maximum absolute atomic E-state index is 11.8. The van der Waals surface area contributed by atoms with Crippen LogP contribution in [0.5, 0.6) is 0 Å². The van der Waals surface area contributed by atoms with Crippen molar-refractivity contribution in [1.82, 2.24) is 9.55 Å². The normalized spacial score (nSPS) is 10.5. The summed E-state index contributed by atoms with van der Waals surface area (Å²) in [5.41, 5.74) is 0. The average molecular weight is 297 g/mol. The van der Waals surface area contributed by atoms with Crippen molar-refractivity contribution in [3.63, 3.8) is 0 Å². The van der Waals surface area contributed by atoms with Gasteiger partial charge in [0.1, 0.15) is 0 Å². The molecule has 0 aliphatic heterocycles. The number of carbonyl (C=O) groups is 2. The molecule has 2 heterocycles. The van der Waals surface area contributed by atoms with Gasteiger partial charge in [-0.1, -0.05) is 0 Å². The number of hydrogen-bond acceptors (Lipinski definition) is 4. The van der Waals surface area contributed by atoms with Crippen molar-refractivity contribution in [2.75, 3.05) is 0 Å². The maximum Gasteiger partial charge on any atom is 0.206 e. The van der Waals surface area contributed by atoms with E-state index in [1.807, 2.05) is 0 Å². The van der Waals surface area contributed by atoms with Crippen LogP contribution in [0.2, 0.25) is 0 Å². The molecule has 17 heavy (non-hydrogen) atoms. The summed E-state index contributed by atoms with van der Waals surface area (Å²) >= 11 is 3.10. The Morgan fingerprint density at radius 2 is 2.18 bits per heavy atom. The van der Waals surface area contributed by atoms with Gasteiger partial charge in [-0.2, -0.15) is 0 Å². The standard InChI is InChI=1S/C11H9BrN2O3/c1-14-5-4-13-11(14)8(16)6-7(15)9-2-3-10(12)17-9/h2-5H,6H2,1H3. The zero-order valence-electron chi connectivity index (χ0n) is 9.01. The van der Waals surface area contributed by atoms with Crippen molar-refractivity contribution in [1.29, 1.82) is 0 Å². The zero-order valence-corrected chi connectivity index (χ0v) is 10.6. The second-order valence-electron chi connectivity index (χ2n) is 3.49. The number of nitrogens with zero attached hydrogens (tertiary/aromatic N) is 2. The van der Waals surface area contributed by atoms with Gasteiger partial charge in [0.25, 0.3) is 0 Å². The molecular formula is C11H9BrN2O3. The van der Waals surface area contributed by atoms with E-state index in [2.05, 4.69) is 20.9 Å². The number of hydrogen-bond donors (Lipinski definition) is 0. The molecule has 0 radical (unpaired) electrons. The lowest BCUT2D eigenvalue weighted by atomic mass is 10.1. The molecule has 0 aliphatic rings. The molecule has 6 heteroatoms. The molecule has 0 fully saturated rings. The van der Waals surface area contributed by atoms with Crippen LogP contribution in [0.4, 0.5) is 0 Å². The van der Waals surface area contributed by atoms with Crippen LogP contribution in [0.1, 0.15) is 27.6 Å². The summed E-state index contributed by atoms with van der Waals surface area (Å²) in [5, 5.41) is 0. The van der Waals surface area contributed by atoms with E-state index in [0.717, 1.165) is 0 Å². The van der Waals surface area contributed by atoms with Gasteiger partial charge in [-0.25, -0.2) is 4.98 Å². The molecule has 0 aliphatic carbocycles. The number of Topliss-reactive ketones (excluding diaryl/α,β-unsaturated/α-hetero) is 2. The quantitative estimate of drug-likeness (QED) is 0.641. The third-order valence-corrected chi connectivity index (χ3v) is 2.67. The van der Waals surface area contributed by atoms with Crippen molar-refractivity contribution >= 4 is 27.5 Å². The van der Waals surface area contributed by atoms with E-state index in [-0.39, 0.29) is 29.6 Å². The first-order valence-corrected chi connectivity index (χ1v) is 5.66. The van der Waals surface area contributed by atoms with E-state index in [1.54, 1.807) is 23.9 Å². The molecule has 0 bridgehead atoms. The van der Waals surface area contributed by atoms with Crippen molar-refractivity contribution in [3.05, 3.63) is 40.8 Å². The monoisotopic (exact) mass is 296 g/mol. The van der Waals surface area contributed by atoms with Crippen molar-refractivity contribution in [2.45, 2.75) is 6.42 Å². The molecule has 88 valence electrons. The van der Waals surface area contributed by atoms with E-state index in [4.69, 9.17) is 4.42 Å². The summed E-state index contributed by atoms with van der Waals surface area (Å²) in [4.78, 5) is 27.4. The average Bonchev–Trinajstić information content (AvgIpc) is 2.86. The van der Waals surface area contributed by atoms with Crippen molar-refractivity contribution in [3.8, 4) is 0 Å². The first-order valence-electron chi connectivity index (χ1n) is 4.87. The van der Waals surface area contributed by atoms with E-state index >= 15 is 0 Å². The summed E-state index contributed by atoms with van der Waals surface area (Å²) in [6.45, 7) is 0. The molecule has 0 N–H and O–H groups in total. The highest BCUT2D eigenvalue weighted by Gasteiger charge is 2.19. The van der Waals surface area contributed by atoms with Crippen LogP contribution in [-0.2, 0) is 7.05 Å². The largest absolute Gasteiger partial charge is 0.446 e. The Hall–Kier alpha value is -1.69. The fraction of sp³-hybridized carbons (Fsp3) is 0.182. The third kappa shape index (κ3) is 2.52. The van der Waals surface area contributed by atoms with Crippen molar-refractivity contribution < 1.29 is 14.0 Å². The molecule has 2 rings (SSSR count). The highest BCUT2D eigenvalue weighted by atomic mass is 79.9. The molecule has 0 atom stereocenters. The van der Waals surface area contributed by atoms with Gasteiger partial charge in [0, 0.05) is 19.4 Å². The van der Waals surface area contributed by atoms with Gasteiger partial charge >= 0.3 is 0 Å². The Labute approximate surface area is 106 Å². The molecule has 2 aromatic rings. The van der Waals surface area contributed by atoms with Crippen LogP contribution >= 0.6 is 15.9 Å². The minimum atomic E-state index is -0.358. The van der Waals surface area contributed by atoms with Gasteiger partial charge in [0.15, 0.2) is 16.3 Å². The lowest BCUT2D eigenvalue weighted by Gasteiger charge is -1.99. The van der Waals surface area contributed by atoms with Gasteiger partial charge < -0.3 is 8.98 Å². The summed E-state index contributed by atoms with van der Waals surface area (Å²) < 4.78 is 7.12. The molecule has 0 amide bonds. The predicted molar refractivity (Wildman–Crippen MR) is 62.9 cm³/mol. The number of imidazole rings is 1. The van der Waals surface area contributed by atoms with Crippen LogP contribution in [-0.4, -0.2) is 21.1 Å². The first-order chi connectivity index (χ1) is 8.08. The Balaban J connectivity index is 2.10. The number of furan rings is 1. The maximum atomic E-state index is 11.8. The van der Waals surface area contributed by atoms with Crippen LogP contribution in [0.25, 0.3) is 0 Å². The number of carbonyl (C=O) groups excluding carboxylic acids is 2. The fourth-order valence-electron chi connectivity index (χ4n) is 1.41. The molecule has 0 saturated carbocycles. The van der Waals surface area contributed by atoms with Crippen LogP contribution < -0.4 is 0 Å². The Morgan fingerprint density at radius 1 is 1.41 bits per heavy atom. The van der Waals surface area contributed by atoms with Gasteiger partial charge in [0.2, 0.25) is 11.6 Å². The van der Waals surface area contributed by atoms with Crippen LogP contribution in [0, 0.1) is 0 Å². The topological polar surface area (TPSA) is 65.1 Å². The minimum absolute atomic E-state index is 0.166. The van der Waals surface area contributed by atoms with E-state index < -0.39 is 0 Å². The number of rotatable bonds is 4. The fourth-order valence-corrected chi connectivity index (χ4v) is 1.72. The second-order valence-corrected chi connectivity index (χ2v) is 4.27. The van der Waals surface area contributed by atoms with E-state index in [9.17, 15) is 9.59 Å². The third-order valence-electron chi connectivity index (χ3n) is 2.24. The van der Waals surface area contributed by atoms with Gasteiger partial charge in [-0.15, -0.1) is 0 Å². The molecule has 0 spiro atoms. The smallest absolute Gasteiger partial charge is 0.206 e. The first kappa shape index (κ1) is 11.8. The molecule has 0 saturated heterocycles. The highest BCUT2D eigenvalue weighted by molar-refractivity contribution is 9.10. The molecule has 5 nitrogen and oxygen atoms in total. The number of ketones is 2. The van der Waals surface area contributed by atoms with Gasteiger partial charge in [-0.05, 0) is 28.1 Å². The zero-order chi connectivity index (χ0) is 12.4. The van der Waals surface area contributed by atoms with E-state index in [0.29, 0.717) is 4.67 Å². The Bertz CT molecular complexity index is 571. The summed E-state index contributed by atoms with van der Waals surface area (Å²) in [6.07, 6.45) is 2.92.